The maximum absolute atomic E-state index is 3.36. The topological polar surface area (TPSA) is 31.5 Å². The van der Waals surface area contributed by atoms with Gasteiger partial charge in [-0.3, -0.25) is 0 Å². The molecule has 2 heteroatoms. The zero-order valence-corrected chi connectivity index (χ0v) is 4.28. The van der Waals surface area contributed by atoms with Gasteiger partial charge < -0.3 is 5.48 Å². The van der Waals surface area contributed by atoms with E-state index in [1.54, 1.807) is 6.08 Å². The molecule has 0 fully saturated rings. The highest BCUT2D eigenvalue weighted by atomic mass is 32.1. The highest BCUT2D eigenvalue weighted by molar-refractivity contribution is 7.59. The summed E-state index contributed by atoms with van der Waals surface area (Å²) in [4.78, 5) is 0. The van der Waals surface area contributed by atoms with Gasteiger partial charge in [-0.2, -0.15) is 13.5 Å². The maximum atomic E-state index is 3.36. The lowest BCUT2D eigenvalue weighted by Crippen LogP contribution is -1.07. The molecule has 0 aromatic carbocycles. The van der Waals surface area contributed by atoms with E-state index >= 15 is 0 Å². The molecule has 0 aliphatic heterocycles. The van der Waals surface area contributed by atoms with Crippen molar-refractivity contribution in [1.82, 2.24) is 0 Å². The van der Waals surface area contributed by atoms with Crippen LogP contribution in [0.4, 0.5) is 0 Å². The molecule has 5 heavy (non-hydrogen) atoms. The van der Waals surface area contributed by atoms with Crippen molar-refractivity contribution in [3.8, 4) is 0 Å². The highest BCUT2D eigenvalue weighted by Gasteiger charge is 1.15. The quantitative estimate of drug-likeness (QED) is 0.391. The zero-order valence-electron chi connectivity index (χ0n) is 3.28. The Balaban J connectivity index is -0.0000000200. The summed E-state index contributed by atoms with van der Waals surface area (Å²) in [5.74, 6) is 0. The van der Waals surface area contributed by atoms with E-state index in [2.05, 4.69) is 6.58 Å². The summed E-state index contributed by atoms with van der Waals surface area (Å²) in [5, 5.41) is 0. The highest BCUT2D eigenvalue weighted by Crippen LogP contribution is 1.38. The molecule has 2 N–H and O–H groups in total. The van der Waals surface area contributed by atoms with Crippen LogP contribution >= 0.6 is 13.5 Å². The first-order valence-corrected chi connectivity index (χ1v) is 0.986. The molecule has 0 saturated carbocycles. The van der Waals surface area contributed by atoms with E-state index in [0.29, 0.717) is 0 Å². The second-order valence-electron chi connectivity index (χ2n) is 0.408. The summed E-state index contributed by atoms with van der Waals surface area (Å²) < 4.78 is 0. The first-order valence-electron chi connectivity index (χ1n) is 0.986. The first kappa shape index (κ1) is 19.7. The molecule has 0 amide bonds. The molecule has 0 spiro atoms. The van der Waals surface area contributed by atoms with Crippen LogP contribution in [0.15, 0.2) is 12.7 Å². The van der Waals surface area contributed by atoms with Gasteiger partial charge in [-0.15, -0.1) is 6.58 Å². The summed E-state index contributed by atoms with van der Waals surface area (Å²) in [6.07, 6.45) is 1.75. The predicted molar refractivity (Wildman–Crippen MR) is 29.9 cm³/mol. The van der Waals surface area contributed by atoms with E-state index in [1.807, 2.05) is 6.92 Å². The molecule has 0 aliphatic rings. The van der Waals surface area contributed by atoms with E-state index < -0.39 is 0 Å². The molecular formula is C3H10OS. The Morgan fingerprint density at radius 1 is 1.60 bits per heavy atom. The minimum atomic E-state index is 0. The SMILES string of the molecule is C=CC.O.S. The number of rotatable bonds is 0. The van der Waals surface area contributed by atoms with Crippen molar-refractivity contribution in [3.05, 3.63) is 12.7 Å². The molecular weight excluding hydrogens is 84.1 g/mol. The lowest BCUT2D eigenvalue weighted by atomic mass is 10.8. The van der Waals surface area contributed by atoms with Gasteiger partial charge in [0.05, 0.1) is 0 Å². The molecule has 0 atom stereocenters. The summed E-state index contributed by atoms with van der Waals surface area (Å²) in [7, 11) is 0. The van der Waals surface area contributed by atoms with Gasteiger partial charge in [0.25, 0.3) is 0 Å². The molecule has 0 aliphatic carbocycles. The van der Waals surface area contributed by atoms with Crippen molar-refractivity contribution in [2.45, 2.75) is 6.92 Å². The Hall–Kier alpha value is 0.0500. The minimum Gasteiger partial charge on any atom is -0.412 e. The van der Waals surface area contributed by atoms with Crippen molar-refractivity contribution in [1.29, 1.82) is 0 Å². The molecule has 0 aromatic rings. The predicted octanol–water partition coefficient (Wildman–Crippen LogP) is 0.480. The van der Waals surface area contributed by atoms with Crippen molar-refractivity contribution in [2.75, 3.05) is 0 Å². The smallest absolute Gasteiger partial charge is 0.0473 e. The molecule has 0 heterocycles. The van der Waals surface area contributed by atoms with Crippen LogP contribution in [0.5, 0.6) is 0 Å². The van der Waals surface area contributed by atoms with Gasteiger partial charge >= 0.3 is 0 Å². The lowest BCUT2D eigenvalue weighted by Gasteiger charge is -1.31. The van der Waals surface area contributed by atoms with E-state index in [4.69, 9.17) is 0 Å². The fourth-order valence-corrected chi connectivity index (χ4v) is 0. The molecule has 0 bridgehead atoms. The Bertz CT molecular complexity index is 14.4. The van der Waals surface area contributed by atoms with Gasteiger partial charge in [-0.05, 0) is 6.92 Å². The van der Waals surface area contributed by atoms with Crippen LogP contribution in [0.2, 0.25) is 0 Å². The minimum absolute atomic E-state index is 0. The van der Waals surface area contributed by atoms with Crippen LogP contribution in [-0.2, 0) is 0 Å². The molecule has 0 unspecified atom stereocenters. The van der Waals surface area contributed by atoms with Crippen molar-refractivity contribution in [2.24, 2.45) is 0 Å². The largest absolute Gasteiger partial charge is 0.412 e. The third kappa shape index (κ3) is 6810. The van der Waals surface area contributed by atoms with Gasteiger partial charge in [-0.1, -0.05) is 6.08 Å². The van der Waals surface area contributed by atoms with Gasteiger partial charge in [0, 0.05) is 0 Å². The normalized spacial score (nSPS) is 2.60. The Morgan fingerprint density at radius 3 is 1.60 bits per heavy atom. The van der Waals surface area contributed by atoms with Gasteiger partial charge in [0.15, 0.2) is 0 Å². The maximum Gasteiger partial charge on any atom is -0.0473 e. The standard InChI is InChI=1S/C3H6.H2O.H2S/c1-3-2;;/h3H,1H2,2H3;2*1H2. The first-order chi connectivity index (χ1) is 1.41. The fourth-order valence-electron chi connectivity index (χ4n) is 0. The van der Waals surface area contributed by atoms with Crippen LogP contribution in [0.3, 0.4) is 0 Å². The van der Waals surface area contributed by atoms with Crippen molar-refractivity contribution in [3.63, 3.8) is 0 Å². The lowest BCUT2D eigenvalue weighted by molar-refractivity contribution is 0.824. The Kier molecular flexibility index (Phi) is 135. The Labute approximate surface area is 39.5 Å². The summed E-state index contributed by atoms with van der Waals surface area (Å²) in [5.41, 5.74) is 0. The van der Waals surface area contributed by atoms with Crippen LogP contribution in [-0.4, -0.2) is 5.48 Å². The van der Waals surface area contributed by atoms with Crippen LogP contribution in [0.1, 0.15) is 6.92 Å². The molecule has 34 valence electrons. The van der Waals surface area contributed by atoms with Gasteiger partial charge in [0.1, 0.15) is 0 Å². The summed E-state index contributed by atoms with van der Waals surface area (Å²) in [6, 6.07) is 0. The fraction of sp³-hybridized carbons (Fsp3) is 0.333. The average molecular weight is 94.2 g/mol. The number of allylic oxidation sites excluding steroid dienone is 1. The van der Waals surface area contributed by atoms with Crippen LogP contribution < -0.4 is 0 Å². The molecule has 0 rings (SSSR count). The number of hydrogen-bond acceptors (Lipinski definition) is 0. The van der Waals surface area contributed by atoms with E-state index in [9.17, 15) is 0 Å². The second-order valence-corrected chi connectivity index (χ2v) is 0.408. The van der Waals surface area contributed by atoms with Gasteiger partial charge in [-0.25, -0.2) is 0 Å². The monoisotopic (exact) mass is 94.0 g/mol. The molecule has 0 saturated heterocycles. The second kappa shape index (κ2) is 34.2. The van der Waals surface area contributed by atoms with Crippen LogP contribution in [0.25, 0.3) is 0 Å². The van der Waals surface area contributed by atoms with Crippen molar-refractivity contribution >= 4 is 13.5 Å². The third-order valence-electron chi connectivity index (χ3n) is 0. The zero-order chi connectivity index (χ0) is 2.71. The van der Waals surface area contributed by atoms with E-state index in [-0.39, 0.29) is 19.0 Å². The Morgan fingerprint density at radius 2 is 1.60 bits per heavy atom. The average Bonchev–Trinajstić information content (AvgIpc) is 0.918. The molecule has 0 radical (unpaired) electrons. The van der Waals surface area contributed by atoms with E-state index in [1.165, 1.54) is 0 Å². The van der Waals surface area contributed by atoms with E-state index in [0.717, 1.165) is 0 Å². The molecule has 0 aromatic heterocycles. The van der Waals surface area contributed by atoms with Gasteiger partial charge in [0.2, 0.25) is 0 Å². The third-order valence-corrected chi connectivity index (χ3v) is 0. The molecule has 1 nitrogen and oxygen atoms in total. The van der Waals surface area contributed by atoms with Crippen LogP contribution in [0, 0.1) is 0 Å². The number of hydrogen-bond donors (Lipinski definition) is 0. The van der Waals surface area contributed by atoms with Crippen molar-refractivity contribution < 1.29 is 5.48 Å². The summed E-state index contributed by atoms with van der Waals surface area (Å²) >= 11 is 0. The summed E-state index contributed by atoms with van der Waals surface area (Å²) in [6.45, 7) is 5.25.